The molecule has 0 aliphatic heterocycles. The van der Waals surface area contributed by atoms with E-state index >= 15 is 0 Å². The minimum Gasteiger partial charge on any atom is -0.444 e. The van der Waals surface area contributed by atoms with E-state index in [-0.39, 0.29) is 29.4 Å². The van der Waals surface area contributed by atoms with Crippen molar-refractivity contribution in [1.82, 2.24) is 5.32 Å². The molecular weight excluding hydrogens is 252 g/mol. The lowest BCUT2D eigenvalue weighted by molar-refractivity contribution is 0.0483. The van der Waals surface area contributed by atoms with Gasteiger partial charge in [0.1, 0.15) is 5.60 Å². The summed E-state index contributed by atoms with van der Waals surface area (Å²) in [6, 6.07) is -0.00486. The monoisotopic (exact) mass is 280 g/mol. The van der Waals surface area contributed by atoms with E-state index in [4.69, 9.17) is 10.1 Å². The third kappa shape index (κ3) is 3.22. The van der Waals surface area contributed by atoms with Gasteiger partial charge in [-0.3, -0.25) is 0 Å². The summed E-state index contributed by atoms with van der Waals surface area (Å²) in [5.74, 6) is 0.443. The average Bonchev–Trinajstić information content (AvgIpc) is 2.90. The van der Waals surface area contributed by atoms with E-state index in [1.165, 1.54) is 11.8 Å². The van der Waals surface area contributed by atoms with E-state index in [1.54, 1.807) is 0 Å². The first-order chi connectivity index (χ1) is 9.07. The van der Waals surface area contributed by atoms with E-state index < -0.39 is 5.60 Å². The maximum Gasteiger partial charge on any atom is 0.407 e. The van der Waals surface area contributed by atoms with Crippen LogP contribution in [0.3, 0.4) is 0 Å². The molecule has 0 radical (unpaired) electrons. The second-order valence-electron chi connectivity index (χ2n) is 6.89. The fourth-order valence-corrected chi connectivity index (χ4v) is 2.95. The van der Waals surface area contributed by atoms with Crippen molar-refractivity contribution in [2.75, 3.05) is 0 Å². The molecule has 0 bridgehead atoms. The molecule has 0 spiro atoms. The Morgan fingerprint density at radius 1 is 1.45 bits per heavy atom. The molecule has 0 aromatic rings. The van der Waals surface area contributed by atoms with E-state index in [2.05, 4.69) is 25.2 Å². The zero-order valence-corrected chi connectivity index (χ0v) is 13.7. The van der Waals surface area contributed by atoms with Crippen molar-refractivity contribution in [3.05, 3.63) is 11.6 Å². The smallest absolute Gasteiger partial charge is 0.407 e. The van der Waals surface area contributed by atoms with Gasteiger partial charge in [0.05, 0.1) is 0 Å². The number of ether oxygens (including phenoxy) is 1. The molecule has 1 amide bonds. The number of rotatable bonds is 4. The number of carbonyl (C=O) groups excluding carboxylic acids is 1. The molecule has 114 valence electrons. The Kier molecular flexibility index (Phi) is 4.67. The first-order valence-corrected chi connectivity index (χ1v) is 7.24. The van der Waals surface area contributed by atoms with E-state index in [0.717, 1.165) is 0 Å². The van der Waals surface area contributed by atoms with Crippen LogP contribution in [0.4, 0.5) is 4.79 Å². The molecule has 0 aromatic heterocycles. The van der Waals surface area contributed by atoms with Crippen LogP contribution in [-0.4, -0.2) is 24.0 Å². The molecule has 4 nitrogen and oxygen atoms in total. The molecule has 0 heterocycles. The number of nitrogens with one attached hydrogen (secondary N) is 2. The number of alkyl carbamates (subject to hydrolysis) is 1. The minimum atomic E-state index is -0.484. The highest BCUT2D eigenvalue weighted by atomic mass is 16.6. The summed E-state index contributed by atoms with van der Waals surface area (Å²) in [4.78, 5) is 11.8. The molecule has 2 unspecified atom stereocenters. The Morgan fingerprint density at radius 2 is 2.00 bits per heavy atom. The Bertz CT molecular complexity index is 423. The maximum absolute atomic E-state index is 11.8. The summed E-state index contributed by atoms with van der Waals surface area (Å²) in [5.41, 5.74) is 0.783. The predicted octanol–water partition coefficient (Wildman–Crippen LogP) is 3.77. The molecule has 0 aromatic carbocycles. The van der Waals surface area contributed by atoms with Gasteiger partial charge in [-0.1, -0.05) is 25.5 Å². The Morgan fingerprint density at radius 3 is 2.35 bits per heavy atom. The molecule has 2 N–H and O–H groups in total. The highest BCUT2D eigenvalue weighted by molar-refractivity contribution is 5.74. The fourth-order valence-electron chi connectivity index (χ4n) is 2.95. The third-order valence-corrected chi connectivity index (χ3v) is 4.44. The standard InChI is InChI=1S/C16H28N2O2/c1-8-12-13(9-17)16(12,7)10(2)11(3)18-14(19)20-15(4,5)6/h8-11,13,17H,1-7H3,(H,18,19)/b12-8-,17-9?/t10-,11+,13?,16?/m0/s1. The van der Waals surface area contributed by atoms with E-state index in [0.29, 0.717) is 0 Å². The first kappa shape index (κ1) is 16.7. The first-order valence-electron chi connectivity index (χ1n) is 7.24. The van der Waals surface area contributed by atoms with Gasteiger partial charge in [0, 0.05) is 23.6 Å². The molecular formula is C16H28N2O2. The van der Waals surface area contributed by atoms with E-state index in [1.807, 2.05) is 34.6 Å². The van der Waals surface area contributed by atoms with Crippen LogP contribution >= 0.6 is 0 Å². The summed E-state index contributed by atoms with van der Waals surface area (Å²) < 4.78 is 5.29. The van der Waals surface area contributed by atoms with Crippen LogP contribution < -0.4 is 5.32 Å². The number of hydrogen-bond donors (Lipinski definition) is 2. The van der Waals surface area contributed by atoms with Gasteiger partial charge in [-0.05, 0) is 40.5 Å². The van der Waals surface area contributed by atoms with Gasteiger partial charge in [-0.2, -0.15) is 0 Å². The van der Waals surface area contributed by atoms with Crippen LogP contribution in [0, 0.1) is 22.7 Å². The predicted molar refractivity (Wildman–Crippen MR) is 82.1 cm³/mol. The highest BCUT2D eigenvalue weighted by Crippen LogP contribution is 2.62. The van der Waals surface area contributed by atoms with Crippen molar-refractivity contribution in [2.45, 2.75) is 60.1 Å². The fraction of sp³-hybridized carbons (Fsp3) is 0.750. The van der Waals surface area contributed by atoms with Crippen LogP contribution in [0.2, 0.25) is 0 Å². The highest BCUT2D eigenvalue weighted by Gasteiger charge is 2.58. The van der Waals surface area contributed by atoms with Crippen molar-refractivity contribution < 1.29 is 9.53 Å². The normalized spacial score (nSPS) is 30.6. The summed E-state index contributed by atoms with van der Waals surface area (Å²) in [6.07, 6.45) is 3.22. The zero-order chi connectivity index (χ0) is 15.7. The van der Waals surface area contributed by atoms with Gasteiger partial charge >= 0.3 is 6.09 Å². The Hall–Kier alpha value is -1.32. The van der Waals surface area contributed by atoms with Crippen molar-refractivity contribution >= 4 is 12.3 Å². The van der Waals surface area contributed by atoms with Crippen LogP contribution in [0.1, 0.15) is 48.5 Å². The molecule has 1 aliphatic carbocycles. The van der Waals surface area contributed by atoms with Crippen LogP contribution in [0.25, 0.3) is 0 Å². The summed E-state index contributed by atoms with van der Waals surface area (Å²) >= 11 is 0. The third-order valence-electron chi connectivity index (χ3n) is 4.44. The SMILES string of the molecule is C/C=C1/C(C=N)C1(C)[C@@H](C)[C@@H](C)NC(=O)OC(C)(C)C. The van der Waals surface area contributed by atoms with Gasteiger partial charge in [-0.15, -0.1) is 0 Å². The summed E-state index contributed by atoms with van der Waals surface area (Å²) in [5, 5.41) is 10.4. The lowest BCUT2D eigenvalue weighted by Crippen LogP contribution is -2.43. The molecule has 0 saturated heterocycles. The second kappa shape index (κ2) is 5.58. The maximum atomic E-state index is 11.8. The zero-order valence-electron chi connectivity index (χ0n) is 13.7. The van der Waals surface area contributed by atoms with Gasteiger partial charge in [0.2, 0.25) is 0 Å². The molecule has 1 aliphatic rings. The summed E-state index contributed by atoms with van der Waals surface area (Å²) in [7, 11) is 0. The van der Waals surface area contributed by atoms with Gasteiger partial charge < -0.3 is 15.5 Å². The van der Waals surface area contributed by atoms with Crippen molar-refractivity contribution in [3.63, 3.8) is 0 Å². The number of carbonyl (C=O) groups is 1. The van der Waals surface area contributed by atoms with Gasteiger partial charge in [-0.25, -0.2) is 4.79 Å². The second-order valence-corrected chi connectivity index (χ2v) is 6.89. The summed E-state index contributed by atoms with van der Waals surface area (Å²) in [6.45, 7) is 13.8. The number of hydrogen-bond acceptors (Lipinski definition) is 3. The number of amides is 1. The topological polar surface area (TPSA) is 62.2 Å². The molecule has 4 atom stereocenters. The molecule has 1 saturated carbocycles. The lowest BCUT2D eigenvalue weighted by atomic mass is 9.84. The largest absolute Gasteiger partial charge is 0.444 e. The minimum absolute atomic E-state index is 0.00486. The molecule has 1 fully saturated rings. The number of allylic oxidation sites excluding steroid dienone is 2. The quantitative estimate of drug-likeness (QED) is 0.608. The molecule has 1 rings (SSSR count). The van der Waals surface area contributed by atoms with Crippen molar-refractivity contribution in [1.29, 1.82) is 5.41 Å². The van der Waals surface area contributed by atoms with Crippen LogP contribution in [-0.2, 0) is 4.74 Å². The van der Waals surface area contributed by atoms with Gasteiger partial charge in [0.25, 0.3) is 0 Å². The van der Waals surface area contributed by atoms with Crippen molar-refractivity contribution in [2.24, 2.45) is 17.3 Å². The Balaban J connectivity index is 2.67. The van der Waals surface area contributed by atoms with Crippen molar-refractivity contribution in [3.8, 4) is 0 Å². The van der Waals surface area contributed by atoms with Crippen LogP contribution in [0.15, 0.2) is 11.6 Å². The van der Waals surface area contributed by atoms with Gasteiger partial charge in [0.15, 0.2) is 0 Å². The molecule has 4 heteroatoms. The average molecular weight is 280 g/mol. The molecule has 20 heavy (non-hydrogen) atoms. The lowest BCUT2D eigenvalue weighted by Gasteiger charge is -2.28. The van der Waals surface area contributed by atoms with E-state index in [9.17, 15) is 4.79 Å². The van der Waals surface area contributed by atoms with Crippen LogP contribution in [0.5, 0.6) is 0 Å². The Labute approximate surface area is 122 Å².